The molecule has 0 atom stereocenters. The molecule has 0 radical (unpaired) electrons. The van der Waals surface area contributed by atoms with Crippen LogP contribution in [0.5, 0.6) is 0 Å². The number of rotatable bonds is 8. The molecule has 14 N–H and O–H groups in total. The second kappa shape index (κ2) is 13.8. The molecular weight excluding hydrogens is 340 g/mol. The summed E-state index contributed by atoms with van der Waals surface area (Å²) in [5, 5.41) is 13.6. The highest BCUT2D eigenvalue weighted by molar-refractivity contribution is 5.97. The van der Waals surface area contributed by atoms with E-state index >= 15 is 0 Å². The first-order chi connectivity index (χ1) is 12.4. The molecule has 0 amide bonds. The number of guanidine groups is 4. The summed E-state index contributed by atoms with van der Waals surface area (Å²) < 4.78 is 0. The van der Waals surface area contributed by atoms with Gasteiger partial charge in [0.2, 0.25) is 0 Å². The lowest BCUT2D eigenvalue weighted by molar-refractivity contribution is 0.938. The molecule has 0 aliphatic heterocycles. The Morgan fingerprint density at radius 3 is 1.35 bits per heavy atom. The molecule has 0 aromatic rings. The lowest BCUT2D eigenvalue weighted by Gasteiger charge is -2.05. The van der Waals surface area contributed by atoms with E-state index in [2.05, 4.69) is 35.6 Å². The maximum absolute atomic E-state index is 8.43. The lowest BCUT2D eigenvalue weighted by atomic mass is 10.6. The molecule has 14 heteroatoms. The van der Waals surface area contributed by atoms with Crippen molar-refractivity contribution in [3.05, 3.63) is 0 Å². The quantitative estimate of drug-likeness (QED) is 0.116. The Labute approximate surface area is 151 Å². The van der Waals surface area contributed by atoms with Crippen molar-refractivity contribution in [1.82, 2.24) is 10.6 Å². The number of hydrogen-bond donors (Lipinski definition) is 8. The normalized spacial score (nSPS) is 14.1. The largest absolute Gasteiger partial charge is 0.375 e. The van der Waals surface area contributed by atoms with E-state index in [4.69, 9.17) is 39.7 Å². The van der Waals surface area contributed by atoms with Crippen LogP contribution >= 0.6 is 0 Å². The van der Waals surface area contributed by atoms with Crippen molar-refractivity contribution in [2.75, 3.05) is 39.3 Å². The van der Waals surface area contributed by atoms with Crippen molar-refractivity contribution in [3.63, 3.8) is 0 Å². The molecule has 26 heavy (non-hydrogen) atoms. The molecular formula is C12H26N14. The molecule has 14 nitrogen and oxygen atoms in total. The zero-order chi connectivity index (χ0) is 19.8. The monoisotopic (exact) mass is 366 g/mol. The average Bonchev–Trinajstić information content (AvgIpc) is 2.60. The van der Waals surface area contributed by atoms with Crippen LogP contribution in [0.15, 0.2) is 25.0 Å². The third-order valence-corrected chi connectivity index (χ3v) is 2.37. The fourth-order valence-corrected chi connectivity index (χ4v) is 1.32. The number of nitrogens with zero attached hydrogens (tertiary/aromatic N) is 6. The van der Waals surface area contributed by atoms with Crippen LogP contribution in [-0.4, -0.2) is 68.9 Å². The van der Waals surface area contributed by atoms with Crippen LogP contribution in [0.4, 0.5) is 0 Å². The first-order valence-corrected chi connectivity index (χ1v) is 7.52. The standard InChI is InChI=1S/C12H26N14/c13-1-2-21-9(16)25-11(18)23-5-6-24-12(19)26-10(17)22-4-3-20-8(15)7-14/h1-6,13H2,(H2,15,20)(H5,16,18,21,23,25)(H5,17,19,22,24,26). The van der Waals surface area contributed by atoms with E-state index in [-0.39, 0.29) is 55.9 Å². The van der Waals surface area contributed by atoms with Gasteiger partial charge in [0.25, 0.3) is 0 Å². The highest BCUT2D eigenvalue weighted by atomic mass is 15.2. The van der Waals surface area contributed by atoms with Crippen molar-refractivity contribution in [2.24, 2.45) is 59.4 Å². The predicted octanol–water partition coefficient (Wildman–Crippen LogP) is -4.74. The van der Waals surface area contributed by atoms with Crippen molar-refractivity contribution < 1.29 is 0 Å². The van der Waals surface area contributed by atoms with E-state index in [9.17, 15) is 0 Å². The van der Waals surface area contributed by atoms with E-state index < -0.39 is 0 Å². The number of nitriles is 1. The maximum Gasteiger partial charge on any atom is 0.198 e. The van der Waals surface area contributed by atoms with Crippen molar-refractivity contribution in [1.29, 1.82) is 5.26 Å². The van der Waals surface area contributed by atoms with Gasteiger partial charge < -0.3 is 34.4 Å². The first kappa shape index (κ1) is 22.4. The van der Waals surface area contributed by atoms with Gasteiger partial charge in [0.1, 0.15) is 6.07 Å². The number of nitrogens with two attached hydrogens (primary N) is 6. The number of aliphatic imine (C=N–C) groups is 5. The number of hydrogen-bond acceptors (Lipinski definition) is 7. The molecule has 0 spiro atoms. The molecule has 0 aromatic carbocycles. The van der Waals surface area contributed by atoms with Crippen LogP contribution in [0.3, 0.4) is 0 Å². The fourth-order valence-electron chi connectivity index (χ4n) is 1.32. The Kier molecular flexibility index (Phi) is 11.9. The summed E-state index contributed by atoms with van der Waals surface area (Å²) >= 11 is 0. The van der Waals surface area contributed by atoms with E-state index in [1.807, 2.05) is 0 Å². The summed E-state index contributed by atoms with van der Waals surface area (Å²) in [6.45, 7) is 1.78. The Bertz CT molecular complexity index is 608. The smallest absolute Gasteiger partial charge is 0.198 e. The minimum atomic E-state index is -0.116. The molecule has 0 bridgehead atoms. The van der Waals surface area contributed by atoms with Gasteiger partial charge in [-0.3, -0.25) is 35.6 Å². The van der Waals surface area contributed by atoms with Crippen molar-refractivity contribution in [3.8, 4) is 6.07 Å². The summed E-state index contributed by atoms with van der Waals surface area (Å²) in [6, 6.07) is 1.69. The minimum Gasteiger partial charge on any atom is -0.375 e. The van der Waals surface area contributed by atoms with E-state index in [1.54, 1.807) is 6.07 Å². The Morgan fingerprint density at radius 2 is 1.00 bits per heavy atom. The topological polar surface area (TPSA) is 266 Å². The van der Waals surface area contributed by atoms with Gasteiger partial charge in [-0.05, 0) is 0 Å². The van der Waals surface area contributed by atoms with Crippen LogP contribution in [0.25, 0.3) is 0 Å². The first-order valence-electron chi connectivity index (χ1n) is 7.52. The molecule has 0 aromatic heterocycles. The molecule has 0 unspecified atom stereocenters. The minimum absolute atomic E-state index is 0.0607. The maximum atomic E-state index is 8.43. The average molecular weight is 366 g/mol. The molecule has 0 fully saturated rings. The van der Waals surface area contributed by atoms with Gasteiger partial charge in [0, 0.05) is 6.54 Å². The fraction of sp³-hybridized carbons (Fsp3) is 0.500. The molecule has 144 valence electrons. The Morgan fingerprint density at radius 1 is 0.654 bits per heavy atom. The zero-order valence-electron chi connectivity index (χ0n) is 14.4. The van der Waals surface area contributed by atoms with Gasteiger partial charge in [-0.2, -0.15) is 5.26 Å². The van der Waals surface area contributed by atoms with Crippen LogP contribution in [0, 0.1) is 11.3 Å². The summed E-state index contributed by atoms with van der Waals surface area (Å²) in [7, 11) is 0. The second-order valence-corrected chi connectivity index (χ2v) is 4.49. The van der Waals surface area contributed by atoms with Gasteiger partial charge >= 0.3 is 0 Å². The van der Waals surface area contributed by atoms with Crippen molar-refractivity contribution in [2.45, 2.75) is 0 Å². The molecule has 0 aliphatic rings. The SMILES string of the molecule is N#CC(N)=NCCN=C(N)NC(N)=NCCN=C(N)NC(N)=NCCN. The second-order valence-electron chi connectivity index (χ2n) is 4.49. The van der Waals surface area contributed by atoms with Crippen LogP contribution < -0.4 is 45.0 Å². The zero-order valence-corrected chi connectivity index (χ0v) is 14.4. The highest BCUT2D eigenvalue weighted by Gasteiger charge is 1.96. The van der Waals surface area contributed by atoms with Gasteiger partial charge in [0.05, 0.1) is 32.7 Å². The van der Waals surface area contributed by atoms with Gasteiger partial charge in [-0.25, -0.2) is 0 Å². The van der Waals surface area contributed by atoms with E-state index in [1.165, 1.54) is 0 Å². The molecule has 0 rings (SSSR count). The third-order valence-electron chi connectivity index (χ3n) is 2.37. The number of amidine groups is 1. The molecule has 0 heterocycles. The van der Waals surface area contributed by atoms with Gasteiger partial charge in [-0.15, -0.1) is 0 Å². The third kappa shape index (κ3) is 12.9. The molecule has 0 saturated heterocycles. The van der Waals surface area contributed by atoms with Crippen molar-refractivity contribution >= 4 is 29.7 Å². The number of nitrogens with one attached hydrogen (secondary N) is 2. The Hall–Kier alpha value is -3.60. The van der Waals surface area contributed by atoms with Crippen LogP contribution in [0.2, 0.25) is 0 Å². The molecule has 0 saturated carbocycles. The van der Waals surface area contributed by atoms with E-state index in [0.717, 1.165) is 0 Å². The van der Waals surface area contributed by atoms with Crippen LogP contribution in [-0.2, 0) is 0 Å². The van der Waals surface area contributed by atoms with Crippen LogP contribution in [0.1, 0.15) is 0 Å². The summed E-state index contributed by atoms with van der Waals surface area (Å²) in [5.74, 6) is 0.242. The molecule has 0 aliphatic carbocycles. The van der Waals surface area contributed by atoms with Gasteiger partial charge in [-0.1, -0.05) is 0 Å². The summed E-state index contributed by atoms with van der Waals surface area (Å²) in [5.41, 5.74) is 32.9. The van der Waals surface area contributed by atoms with Gasteiger partial charge in [0.15, 0.2) is 29.7 Å². The highest BCUT2D eigenvalue weighted by Crippen LogP contribution is 1.77. The summed E-state index contributed by atoms with van der Waals surface area (Å²) in [6.07, 6.45) is 0. The Balaban J connectivity index is 4.20. The predicted molar refractivity (Wildman–Crippen MR) is 103 cm³/mol. The van der Waals surface area contributed by atoms with E-state index in [0.29, 0.717) is 13.1 Å². The lowest BCUT2D eigenvalue weighted by Crippen LogP contribution is -2.42. The summed E-state index contributed by atoms with van der Waals surface area (Å²) in [4.78, 5) is 19.6.